The molecule has 4 nitrogen and oxygen atoms in total. The molecule has 0 bridgehead atoms. The summed E-state index contributed by atoms with van der Waals surface area (Å²) in [6.45, 7) is 0. The molecular formula is C8H8N4S. The van der Waals surface area contributed by atoms with E-state index in [2.05, 4.69) is 10.3 Å². The molecule has 13 heavy (non-hydrogen) atoms. The molecule has 0 saturated heterocycles. The zero-order chi connectivity index (χ0) is 9.26. The molecule has 0 spiro atoms. The lowest BCUT2D eigenvalue weighted by molar-refractivity contribution is -0.698. The van der Waals surface area contributed by atoms with Crippen LogP contribution in [0.15, 0.2) is 35.5 Å². The number of hydrogen-bond donors (Lipinski definition) is 0. The van der Waals surface area contributed by atoms with Crippen molar-refractivity contribution in [1.29, 1.82) is 0 Å². The molecule has 0 aliphatic rings. The summed E-state index contributed by atoms with van der Waals surface area (Å²) in [5, 5.41) is 8.54. The Balaban J connectivity index is 2.53. The first-order valence-electron chi connectivity index (χ1n) is 3.83. The van der Waals surface area contributed by atoms with E-state index in [1.54, 1.807) is 11.7 Å². The SMILES string of the molecule is Cn1nc([S-])[n+](-c2ccccc2)n1. The molecule has 0 atom stereocenters. The molecule has 0 aliphatic heterocycles. The fourth-order valence-corrected chi connectivity index (χ4v) is 1.35. The molecule has 0 amide bonds. The molecule has 5 heteroatoms. The second kappa shape index (κ2) is 3.10. The van der Waals surface area contributed by atoms with Crippen molar-refractivity contribution in [2.45, 2.75) is 5.16 Å². The van der Waals surface area contributed by atoms with Gasteiger partial charge in [0, 0.05) is 5.10 Å². The van der Waals surface area contributed by atoms with Gasteiger partial charge in [-0.2, -0.15) is 0 Å². The Morgan fingerprint density at radius 3 is 2.54 bits per heavy atom. The zero-order valence-corrected chi connectivity index (χ0v) is 7.90. The number of aryl methyl sites for hydroxylation is 1. The summed E-state index contributed by atoms with van der Waals surface area (Å²) in [4.78, 5) is 1.45. The predicted molar refractivity (Wildman–Crippen MR) is 48.2 cm³/mol. The van der Waals surface area contributed by atoms with Gasteiger partial charge in [0.15, 0.2) is 5.16 Å². The van der Waals surface area contributed by atoms with Crippen LogP contribution in [0, 0.1) is 0 Å². The van der Waals surface area contributed by atoms with E-state index in [-0.39, 0.29) is 0 Å². The summed E-state index contributed by atoms with van der Waals surface area (Å²) >= 11 is 5.02. The van der Waals surface area contributed by atoms with Crippen LogP contribution in [0.2, 0.25) is 0 Å². The van der Waals surface area contributed by atoms with Crippen molar-refractivity contribution in [2.24, 2.45) is 7.05 Å². The predicted octanol–water partition coefficient (Wildman–Crippen LogP) is -0.00240. The first kappa shape index (κ1) is 8.12. The average molecular weight is 192 g/mol. The Morgan fingerprint density at radius 2 is 2.00 bits per heavy atom. The van der Waals surface area contributed by atoms with E-state index in [9.17, 15) is 0 Å². The van der Waals surface area contributed by atoms with Crippen LogP contribution in [0.4, 0.5) is 0 Å². The van der Waals surface area contributed by atoms with Gasteiger partial charge in [0.1, 0.15) is 12.7 Å². The van der Waals surface area contributed by atoms with Gasteiger partial charge in [-0.1, -0.05) is 18.2 Å². The third-order valence-corrected chi connectivity index (χ3v) is 1.89. The van der Waals surface area contributed by atoms with Crippen molar-refractivity contribution in [3.63, 3.8) is 0 Å². The quantitative estimate of drug-likeness (QED) is 0.471. The first-order chi connectivity index (χ1) is 6.27. The molecule has 0 aliphatic carbocycles. The lowest BCUT2D eigenvalue weighted by atomic mass is 10.3. The lowest BCUT2D eigenvalue weighted by Gasteiger charge is -1.97. The summed E-state index contributed by atoms with van der Waals surface area (Å²) in [5.74, 6) is 0. The Kier molecular flexibility index (Phi) is 1.94. The number of hydrogen-bond acceptors (Lipinski definition) is 3. The molecule has 2 rings (SSSR count). The molecular weight excluding hydrogens is 184 g/mol. The van der Waals surface area contributed by atoms with Crippen LogP contribution in [0.3, 0.4) is 0 Å². The molecule has 2 aromatic rings. The number of benzene rings is 1. The van der Waals surface area contributed by atoms with Crippen LogP contribution >= 0.6 is 0 Å². The zero-order valence-electron chi connectivity index (χ0n) is 7.08. The molecule has 1 aromatic heterocycles. The van der Waals surface area contributed by atoms with Gasteiger partial charge in [0.25, 0.3) is 0 Å². The maximum atomic E-state index is 5.02. The summed E-state index contributed by atoms with van der Waals surface area (Å²) in [6, 6.07) is 9.69. The average Bonchev–Trinajstić information content (AvgIpc) is 2.47. The van der Waals surface area contributed by atoms with Crippen molar-refractivity contribution in [1.82, 2.24) is 15.1 Å². The second-order valence-corrected chi connectivity index (χ2v) is 2.97. The fourth-order valence-electron chi connectivity index (χ4n) is 1.09. The van der Waals surface area contributed by atoms with Gasteiger partial charge < -0.3 is 12.6 Å². The van der Waals surface area contributed by atoms with Gasteiger partial charge in [-0.25, -0.2) is 0 Å². The van der Waals surface area contributed by atoms with Gasteiger partial charge in [-0.15, -0.1) is 4.68 Å². The maximum Gasteiger partial charge on any atom is 0.187 e. The van der Waals surface area contributed by atoms with Crippen LogP contribution in [-0.2, 0) is 19.7 Å². The van der Waals surface area contributed by atoms with Crippen LogP contribution in [0.1, 0.15) is 0 Å². The van der Waals surface area contributed by atoms with Crippen LogP contribution in [0.25, 0.3) is 5.69 Å². The van der Waals surface area contributed by atoms with E-state index in [0.29, 0.717) is 5.16 Å². The molecule has 0 unspecified atom stereocenters. The maximum absolute atomic E-state index is 5.02. The van der Waals surface area contributed by atoms with Crippen molar-refractivity contribution >= 4 is 12.6 Å². The highest BCUT2D eigenvalue weighted by atomic mass is 32.1. The molecule has 66 valence electrons. The van der Waals surface area contributed by atoms with E-state index in [4.69, 9.17) is 12.6 Å². The van der Waals surface area contributed by atoms with Gasteiger partial charge in [0.05, 0.1) is 5.21 Å². The summed E-state index contributed by atoms with van der Waals surface area (Å²) in [7, 11) is 1.75. The van der Waals surface area contributed by atoms with E-state index in [1.165, 1.54) is 4.80 Å². The number of rotatable bonds is 1. The first-order valence-corrected chi connectivity index (χ1v) is 4.24. The molecule has 0 saturated carbocycles. The minimum absolute atomic E-state index is 0.466. The minimum Gasteiger partial charge on any atom is -0.701 e. The Morgan fingerprint density at radius 1 is 1.31 bits per heavy atom. The highest BCUT2D eigenvalue weighted by Gasteiger charge is 2.07. The molecule has 0 N–H and O–H groups in total. The topological polar surface area (TPSA) is 34.6 Å². The fraction of sp³-hybridized carbons (Fsp3) is 0.125. The summed E-state index contributed by atoms with van der Waals surface area (Å²) < 4.78 is 1.62. The minimum atomic E-state index is 0.466. The van der Waals surface area contributed by atoms with Gasteiger partial charge in [0.2, 0.25) is 0 Å². The highest BCUT2D eigenvalue weighted by Crippen LogP contribution is 1.96. The van der Waals surface area contributed by atoms with Crippen LogP contribution in [0.5, 0.6) is 0 Å². The second-order valence-electron chi connectivity index (χ2n) is 2.61. The number of para-hydroxylation sites is 1. The smallest absolute Gasteiger partial charge is 0.187 e. The van der Waals surface area contributed by atoms with Crippen LogP contribution in [-0.4, -0.2) is 15.1 Å². The Bertz CT molecular complexity index is 409. The van der Waals surface area contributed by atoms with Crippen molar-refractivity contribution in [3.05, 3.63) is 30.3 Å². The summed E-state index contributed by atoms with van der Waals surface area (Å²) in [5.41, 5.74) is 0.931. The third kappa shape index (κ3) is 1.50. The van der Waals surface area contributed by atoms with E-state index >= 15 is 0 Å². The molecule has 0 fully saturated rings. The molecule has 1 heterocycles. The van der Waals surface area contributed by atoms with Crippen molar-refractivity contribution < 1.29 is 4.68 Å². The normalized spacial score (nSPS) is 10.2. The molecule has 1 aromatic carbocycles. The van der Waals surface area contributed by atoms with Crippen LogP contribution < -0.4 is 4.68 Å². The van der Waals surface area contributed by atoms with Gasteiger partial charge in [-0.3, -0.25) is 0 Å². The van der Waals surface area contributed by atoms with Gasteiger partial charge >= 0.3 is 0 Å². The third-order valence-electron chi connectivity index (χ3n) is 1.63. The van der Waals surface area contributed by atoms with E-state index in [0.717, 1.165) is 5.69 Å². The highest BCUT2D eigenvalue weighted by molar-refractivity contribution is 7.58. The number of nitrogens with zero attached hydrogens (tertiary/aromatic N) is 4. The Hall–Kier alpha value is -1.49. The lowest BCUT2D eigenvalue weighted by Crippen LogP contribution is -2.35. The standard InChI is InChI=1S/C8H8N4S/c1-11-9-8(13)12(10-11)7-5-3-2-4-6-7/h2-6H,1H3. The summed E-state index contributed by atoms with van der Waals surface area (Å²) in [6.07, 6.45) is 0. The van der Waals surface area contributed by atoms with E-state index < -0.39 is 0 Å². The van der Waals surface area contributed by atoms with Gasteiger partial charge in [-0.05, 0) is 16.9 Å². The number of aromatic nitrogens is 4. The van der Waals surface area contributed by atoms with Crippen molar-refractivity contribution in [3.8, 4) is 5.69 Å². The van der Waals surface area contributed by atoms with E-state index in [1.807, 2.05) is 30.3 Å². The monoisotopic (exact) mass is 192 g/mol. The Labute approximate surface area is 81.2 Å². The largest absolute Gasteiger partial charge is 0.701 e. The molecule has 0 radical (unpaired) electrons. The number of tetrazole rings is 1. The van der Waals surface area contributed by atoms with Crippen molar-refractivity contribution in [2.75, 3.05) is 0 Å².